The monoisotopic (exact) mass is 261 g/mol. The second-order valence-corrected chi connectivity index (χ2v) is 4.83. The number of rotatable bonds is 2. The maximum Gasteiger partial charge on any atom is 0.246 e. The Morgan fingerprint density at radius 2 is 2.05 bits per heavy atom. The Hall–Kier alpha value is -2.09. The number of carbonyl (C=O) groups excluding carboxylic acids is 1. The van der Waals surface area contributed by atoms with Crippen molar-refractivity contribution in [2.24, 2.45) is 0 Å². The Morgan fingerprint density at radius 1 is 1.42 bits per heavy atom. The first kappa shape index (κ1) is 13.3. The number of likely N-dealkylation sites (N-methyl/N-ethyl adjacent to an activating group) is 1. The van der Waals surface area contributed by atoms with Gasteiger partial charge in [0, 0.05) is 25.3 Å². The van der Waals surface area contributed by atoms with Crippen molar-refractivity contribution >= 4 is 11.6 Å². The highest BCUT2D eigenvalue weighted by atomic mass is 19.1. The third-order valence-corrected chi connectivity index (χ3v) is 3.42. The Labute approximate surface area is 112 Å². The number of amides is 1. The number of piperazine rings is 1. The lowest BCUT2D eigenvalue weighted by molar-refractivity contribution is -0.133. The van der Waals surface area contributed by atoms with Gasteiger partial charge in [-0.15, -0.1) is 0 Å². The number of hydrogen-bond donors (Lipinski definition) is 0. The van der Waals surface area contributed by atoms with Gasteiger partial charge in [0.2, 0.25) is 5.91 Å². The molecular formula is C14H16FN3O. The molecule has 2 unspecified atom stereocenters. The van der Waals surface area contributed by atoms with Crippen molar-refractivity contribution < 1.29 is 9.18 Å². The molecule has 0 aromatic heterocycles. The van der Waals surface area contributed by atoms with Gasteiger partial charge in [-0.25, -0.2) is 4.39 Å². The van der Waals surface area contributed by atoms with Gasteiger partial charge in [0.1, 0.15) is 11.9 Å². The van der Waals surface area contributed by atoms with Crippen molar-refractivity contribution in [2.75, 3.05) is 18.5 Å². The van der Waals surface area contributed by atoms with Crippen molar-refractivity contribution in [2.45, 2.75) is 25.4 Å². The first-order chi connectivity index (χ1) is 9.04. The van der Waals surface area contributed by atoms with E-state index in [1.165, 1.54) is 12.1 Å². The predicted octanol–water partition coefficient (Wildman–Crippen LogP) is 1.77. The number of carbonyl (C=O) groups is 1. The van der Waals surface area contributed by atoms with Gasteiger partial charge in [0.25, 0.3) is 0 Å². The zero-order chi connectivity index (χ0) is 14.0. The summed E-state index contributed by atoms with van der Waals surface area (Å²) in [5.74, 6) is -0.377. The Bertz CT molecular complexity index is 508. The molecule has 1 saturated heterocycles. The van der Waals surface area contributed by atoms with E-state index in [1.807, 2.05) is 11.8 Å². The topological polar surface area (TPSA) is 47.3 Å². The largest absolute Gasteiger partial charge is 0.354 e. The average Bonchev–Trinajstić information content (AvgIpc) is 2.38. The van der Waals surface area contributed by atoms with E-state index in [0.717, 1.165) is 5.69 Å². The van der Waals surface area contributed by atoms with Gasteiger partial charge in [-0.3, -0.25) is 4.79 Å². The highest BCUT2D eigenvalue weighted by molar-refractivity contribution is 5.87. The number of nitriles is 1. The summed E-state index contributed by atoms with van der Waals surface area (Å²) >= 11 is 0. The van der Waals surface area contributed by atoms with Gasteiger partial charge in [-0.2, -0.15) is 5.26 Å². The van der Waals surface area contributed by atoms with Gasteiger partial charge < -0.3 is 9.80 Å². The van der Waals surface area contributed by atoms with Crippen LogP contribution in [0.3, 0.4) is 0 Å². The van der Waals surface area contributed by atoms with Crippen molar-refractivity contribution in [1.29, 1.82) is 5.26 Å². The zero-order valence-electron chi connectivity index (χ0n) is 11.0. The minimum atomic E-state index is -0.496. The van der Waals surface area contributed by atoms with Gasteiger partial charge in [-0.05, 0) is 31.2 Å². The maximum absolute atomic E-state index is 13.0. The molecule has 0 spiro atoms. The normalized spacial score (nSPS) is 23.4. The molecule has 0 aliphatic carbocycles. The van der Waals surface area contributed by atoms with Crippen LogP contribution in [0.2, 0.25) is 0 Å². The van der Waals surface area contributed by atoms with Gasteiger partial charge in [-0.1, -0.05) is 0 Å². The van der Waals surface area contributed by atoms with Crippen LogP contribution in [0.25, 0.3) is 0 Å². The molecule has 1 amide bonds. The van der Waals surface area contributed by atoms with Crippen LogP contribution in [0, 0.1) is 17.1 Å². The van der Waals surface area contributed by atoms with Crippen LogP contribution in [0.15, 0.2) is 24.3 Å². The molecule has 0 saturated carbocycles. The van der Waals surface area contributed by atoms with E-state index < -0.39 is 6.04 Å². The number of hydrogen-bond acceptors (Lipinski definition) is 3. The van der Waals surface area contributed by atoms with E-state index in [9.17, 15) is 9.18 Å². The number of nitrogens with zero attached hydrogens (tertiary/aromatic N) is 3. The Kier molecular flexibility index (Phi) is 3.70. The van der Waals surface area contributed by atoms with Crippen molar-refractivity contribution in [3.63, 3.8) is 0 Å². The molecule has 0 N–H and O–H groups in total. The summed E-state index contributed by atoms with van der Waals surface area (Å²) < 4.78 is 13.0. The highest BCUT2D eigenvalue weighted by Crippen LogP contribution is 2.26. The molecule has 4 nitrogen and oxygen atoms in total. The Morgan fingerprint density at radius 3 is 2.63 bits per heavy atom. The van der Waals surface area contributed by atoms with Crippen molar-refractivity contribution in [3.05, 3.63) is 30.1 Å². The molecule has 5 heteroatoms. The molecule has 0 bridgehead atoms. The fourth-order valence-corrected chi connectivity index (χ4v) is 2.57. The summed E-state index contributed by atoms with van der Waals surface area (Å²) in [5.41, 5.74) is 0.774. The lowest BCUT2D eigenvalue weighted by atomic mass is 10.0. The van der Waals surface area contributed by atoms with Crippen LogP contribution in [0.5, 0.6) is 0 Å². The second kappa shape index (κ2) is 5.27. The molecule has 1 aliphatic heterocycles. The lowest BCUT2D eigenvalue weighted by Gasteiger charge is -2.44. The van der Waals surface area contributed by atoms with E-state index in [-0.39, 0.29) is 24.2 Å². The summed E-state index contributed by atoms with van der Waals surface area (Å²) in [4.78, 5) is 15.7. The summed E-state index contributed by atoms with van der Waals surface area (Å²) in [6.07, 6.45) is 0.130. The van der Waals surface area contributed by atoms with E-state index >= 15 is 0 Å². The summed E-state index contributed by atoms with van der Waals surface area (Å²) in [6, 6.07) is 7.68. The van der Waals surface area contributed by atoms with E-state index in [1.54, 1.807) is 24.1 Å². The smallest absolute Gasteiger partial charge is 0.246 e. The van der Waals surface area contributed by atoms with Gasteiger partial charge in [0.05, 0.1) is 12.5 Å². The van der Waals surface area contributed by atoms with Crippen LogP contribution in [0.4, 0.5) is 10.1 Å². The highest BCUT2D eigenvalue weighted by Gasteiger charge is 2.37. The molecule has 100 valence electrons. The van der Waals surface area contributed by atoms with E-state index in [4.69, 9.17) is 5.26 Å². The summed E-state index contributed by atoms with van der Waals surface area (Å²) in [6.45, 7) is 2.59. The summed E-state index contributed by atoms with van der Waals surface area (Å²) in [5, 5.41) is 8.91. The predicted molar refractivity (Wildman–Crippen MR) is 70.0 cm³/mol. The van der Waals surface area contributed by atoms with Crippen LogP contribution in [-0.2, 0) is 4.79 Å². The SMILES string of the molecule is CC1CN(C)C(=O)C(CC#N)N1c1ccc(F)cc1. The Balaban J connectivity index is 2.36. The van der Waals surface area contributed by atoms with Crippen LogP contribution in [0.1, 0.15) is 13.3 Å². The van der Waals surface area contributed by atoms with Crippen molar-refractivity contribution in [3.8, 4) is 6.07 Å². The molecule has 0 radical (unpaired) electrons. The molecule has 1 aliphatic rings. The lowest BCUT2D eigenvalue weighted by Crippen LogP contribution is -2.60. The summed E-state index contributed by atoms with van der Waals surface area (Å²) in [7, 11) is 1.74. The number of anilines is 1. The third kappa shape index (κ3) is 2.53. The second-order valence-electron chi connectivity index (χ2n) is 4.83. The molecule has 2 atom stereocenters. The fraction of sp³-hybridized carbons (Fsp3) is 0.429. The maximum atomic E-state index is 13.0. The number of benzene rings is 1. The quantitative estimate of drug-likeness (QED) is 0.815. The van der Waals surface area contributed by atoms with Gasteiger partial charge in [0.15, 0.2) is 0 Å². The molecule has 1 heterocycles. The average molecular weight is 261 g/mol. The van der Waals surface area contributed by atoms with Crippen molar-refractivity contribution in [1.82, 2.24) is 4.90 Å². The first-order valence-electron chi connectivity index (χ1n) is 6.20. The van der Waals surface area contributed by atoms with Crippen LogP contribution < -0.4 is 4.90 Å². The molecular weight excluding hydrogens is 245 g/mol. The fourth-order valence-electron chi connectivity index (χ4n) is 2.57. The van der Waals surface area contributed by atoms with E-state index in [2.05, 4.69) is 6.07 Å². The molecule has 19 heavy (non-hydrogen) atoms. The standard InChI is InChI=1S/C14H16FN3O/c1-10-9-17(2)14(19)13(7-8-16)18(10)12-5-3-11(15)4-6-12/h3-6,10,13H,7,9H2,1-2H3. The molecule has 1 aromatic rings. The van der Waals surface area contributed by atoms with E-state index in [0.29, 0.717) is 6.54 Å². The third-order valence-electron chi connectivity index (χ3n) is 3.42. The minimum absolute atomic E-state index is 0.0658. The number of halogens is 1. The molecule has 1 fully saturated rings. The van der Waals surface area contributed by atoms with Gasteiger partial charge >= 0.3 is 0 Å². The minimum Gasteiger partial charge on any atom is -0.354 e. The molecule has 2 rings (SSSR count). The van der Waals surface area contributed by atoms with Crippen LogP contribution in [-0.4, -0.2) is 36.5 Å². The first-order valence-corrected chi connectivity index (χ1v) is 6.20. The zero-order valence-corrected chi connectivity index (χ0v) is 11.0. The van der Waals surface area contributed by atoms with Crippen LogP contribution >= 0.6 is 0 Å². The molecule has 1 aromatic carbocycles.